The second-order valence-corrected chi connectivity index (χ2v) is 7.79. The Hall–Kier alpha value is -3.16. The maximum atomic E-state index is 13.5. The minimum atomic E-state index is -0.265. The van der Waals surface area contributed by atoms with Gasteiger partial charge in [-0.05, 0) is 36.8 Å². The number of likely N-dealkylation sites (N-methyl/N-ethyl adjacent to an activating group) is 1. The molecule has 7 nitrogen and oxygen atoms in total. The number of rotatable bonds is 8. The molecule has 0 aromatic heterocycles. The number of hydrogen-bond donors (Lipinski definition) is 0. The summed E-state index contributed by atoms with van der Waals surface area (Å²) in [5, 5.41) is 0. The lowest BCUT2D eigenvalue weighted by molar-refractivity contribution is -0.137. The molecule has 2 amide bonds. The molecule has 0 N–H and O–H groups in total. The van der Waals surface area contributed by atoms with Gasteiger partial charge in [-0.2, -0.15) is 0 Å². The molecular weight excluding hydrogens is 406 g/mol. The van der Waals surface area contributed by atoms with Crippen LogP contribution in [0.15, 0.2) is 60.3 Å². The van der Waals surface area contributed by atoms with Gasteiger partial charge in [-0.15, -0.1) is 0 Å². The molecule has 2 heterocycles. The van der Waals surface area contributed by atoms with Crippen LogP contribution in [-0.4, -0.2) is 74.7 Å². The summed E-state index contributed by atoms with van der Waals surface area (Å²) in [6, 6.07) is 17.0. The van der Waals surface area contributed by atoms with Crippen LogP contribution >= 0.6 is 0 Å². The Morgan fingerprint density at radius 2 is 1.62 bits per heavy atom. The van der Waals surface area contributed by atoms with E-state index in [4.69, 9.17) is 9.47 Å². The SMILES string of the molecule is CCOc1ccc(C2=C(N(C)c3ccccc3)C(=O)N(CCN3CCOCC3)C2=O)cc1. The molecule has 168 valence electrons. The Bertz CT molecular complexity index is 982. The van der Waals surface area contributed by atoms with E-state index in [-0.39, 0.29) is 11.8 Å². The molecule has 0 aliphatic carbocycles. The zero-order valence-electron chi connectivity index (χ0n) is 18.6. The predicted molar refractivity (Wildman–Crippen MR) is 123 cm³/mol. The number of morpholine rings is 1. The Morgan fingerprint density at radius 1 is 0.938 bits per heavy atom. The number of amides is 2. The fourth-order valence-corrected chi connectivity index (χ4v) is 4.07. The molecule has 4 rings (SSSR count). The summed E-state index contributed by atoms with van der Waals surface area (Å²) < 4.78 is 10.9. The van der Waals surface area contributed by atoms with E-state index in [2.05, 4.69) is 4.90 Å². The Balaban J connectivity index is 1.65. The van der Waals surface area contributed by atoms with Crippen LogP contribution in [0.3, 0.4) is 0 Å². The normalized spacial score (nSPS) is 17.2. The van der Waals surface area contributed by atoms with Gasteiger partial charge in [0.15, 0.2) is 0 Å². The van der Waals surface area contributed by atoms with Crippen LogP contribution in [0, 0.1) is 0 Å². The molecule has 0 saturated carbocycles. The van der Waals surface area contributed by atoms with Crippen LogP contribution in [0.2, 0.25) is 0 Å². The van der Waals surface area contributed by atoms with Gasteiger partial charge in [-0.3, -0.25) is 19.4 Å². The molecular formula is C25H29N3O4. The fraction of sp³-hybridized carbons (Fsp3) is 0.360. The predicted octanol–water partition coefficient (Wildman–Crippen LogP) is 2.63. The largest absolute Gasteiger partial charge is 0.494 e. The third-order valence-corrected chi connectivity index (χ3v) is 5.82. The first kappa shape index (κ1) is 22.0. The van der Waals surface area contributed by atoms with Crippen molar-refractivity contribution in [1.29, 1.82) is 0 Å². The second kappa shape index (κ2) is 9.97. The van der Waals surface area contributed by atoms with Gasteiger partial charge in [0.2, 0.25) is 0 Å². The molecule has 1 saturated heterocycles. The van der Waals surface area contributed by atoms with E-state index in [1.165, 1.54) is 4.90 Å². The van der Waals surface area contributed by atoms with Crippen molar-refractivity contribution in [2.75, 3.05) is 57.9 Å². The number of para-hydroxylation sites is 1. The lowest BCUT2D eigenvalue weighted by atomic mass is 10.0. The van der Waals surface area contributed by atoms with Crippen molar-refractivity contribution in [3.8, 4) is 5.75 Å². The third kappa shape index (κ3) is 4.54. The first-order valence-electron chi connectivity index (χ1n) is 11.0. The molecule has 2 aromatic rings. The molecule has 1 fully saturated rings. The quantitative estimate of drug-likeness (QED) is 0.594. The summed E-state index contributed by atoms with van der Waals surface area (Å²) in [5.74, 6) is 0.208. The maximum absolute atomic E-state index is 13.5. The fourth-order valence-electron chi connectivity index (χ4n) is 4.07. The van der Waals surface area contributed by atoms with E-state index in [1.807, 2.05) is 68.6 Å². The van der Waals surface area contributed by atoms with Crippen molar-refractivity contribution in [3.63, 3.8) is 0 Å². The van der Waals surface area contributed by atoms with Crippen molar-refractivity contribution in [2.45, 2.75) is 6.92 Å². The van der Waals surface area contributed by atoms with Gasteiger partial charge < -0.3 is 14.4 Å². The zero-order chi connectivity index (χ0) is 22.5. The molecule has 0 atom stereocenters. The van der Waals surface area contributed by atoms with E-state index in [0.717, 1.165) is 24.5 Å². The van der Waals surface area contributed by atoms with Gasteiger partial charge in [-0.1, -0.05) is 30.3 Å². The van der Waals surface area contributed by atoms with Crippen LogP contribution < -0.4 is 9.64 Å². The van der Waals surface area contributed by atoms with Gasteiger partial charge in [0.1, 0.15) is 11.4 Å². The number of imide groups is 1. The van der Waals surface area contributed by atoms with Crippen molar-refractivity contribution in [1.82, 2.24) is 9.80 Å². The van der Waals surface area contributed by atoms with E-state index < -0.39 is 0 Å². The van der Waals surface area contributed by atoms with Gasteiger partial charge in [-0.25, -0.2) is 0 Å². The minimum absolute atomic E-state index is 0.259. The summed E-state index contributed by atoms with van der Waals surface area (Å²) in [7, 11) is 1.83. The smallest absolute Gasteiger partial charge is 0.278 e. The van der Waals surface area contributed by atoms with Crippen LogP contribution in [0.5, 0.6) is 5.75 Å². The highest BCUT2D eigenvalue weighted by atomic mass is 16.5. The van der Waals surface area contributed by atoms with Crippen LogP contribution in [-0.2, 0) is 14.3 Å². The number of ether oxygens (including phenoxy) is 2. The van der Waals surface area contributed by atoms with E-state index in [9.17, 15) is 9.59 Å². The topological polar surface area (TPSA) is 62.3 Å². The van der Waals surface area contributed by atoms with Crippen LogP contribution in [0.4, 0.5) is 5.69 Å². The number of nitrogens with zero attached hydrogens (tertiary/aromatic N) is 3. The van der Waals surface area contributed by atoms with E-state index in [1.54, 1.807) is 4.90 Å². The number of anilines is 1. The third-order valence-electron chi connectivity index (χ3n) is 5.82. The molecule has 0 spiro atoms. The van der Waals surface area contributed by atoms with Crippen molar-refractivity contribution in [3.05, 3.63) is 65.9 Å². The average molecular weight is 436 g/mol. The van der Waals surface area contributed by atoms with Crippen molar-refractivity contribution in [2.24, 2.45) is 0 Å². The highest BCUT2D eigenvalue weighted by molar-refractivity contribution is 6.36. The monoisotopic (exact) mass is 435 g/mol. The van der Waals surface area contributed by atoms with E-state index in [0.29, 0.717) is 49.7 Å². The maximum Gasteiger partial charge on any atom is 0.278 e. The summed E-state index contributed by atoms with van der Waals surface area (Å²) >= 11 is 0. The summed E-state index contributed by atoms with van der Waals surface area (Å²) in [5.41, 5.74) is 2.37. The summed E-state index contributed by atoms with van der Waals surface area (Å²) in [6.07, 6.45) is 0. The van der Waals surface area contributed by atoms with Gasteiger partial charge >= 0.3 is 0 Å². The molecule has 0 bridgehead atoms. The standard InChI is InChI=1S/C25H29N3O4/c1-3-32-21-11-9-19(10-12-21)22-23(26(2)20-7-5-4-6-8-20)25(30)28(24(22)29)14-13-27-15-17-31-18-16-27/h4-12H,3,13-18H2,1-2H3. The van der Waals surface area contributed by atoms with E-state index >= 15 is 0 Å². The first-order valence-corrected chi connectivity index (χ1v) is 11.0. The second-order valence-electron chi connectivity index (χ2n) is 7.79. The first-order chi connectivity index (χ1) is 15.6. The van der Waals surface area contributed by atoms with Crippen molar-refractivity contribution < 1.29 is 19.1 Å². The Labute approximate surface area is 188 Å². The summed E-state index contributed by atoms with van der Waals surface area (Å²) in [4.78, 5) is 32.4. The van der Waals surface area contributed by atoms with Gasteiger partial charge in [0, 0.05) is 38.9 Å². The highest BCUT2D eigenvalue weighted by Crippen LogP contribution is 2.34. The zero-order valence-corrected chi connectivity index (χ0v) is 18.6. The number of carbonyl (C=O) groups excluding carboxylic acids is 2. The number of hydrogen-bond acceptors (Lipinski definition) is 6. The Kier molecular flexibility index (Phi) is 6.87. The van der Waals surface area contributed by atoms with Gasteiger partial charge in [0.05, 0.1) is 25.4 Å². The van der Waals surface area contributed by atoms with Crippen LogP contribution in [0.1, 0.15) is 12.5 Å². The lowest BCUT2D eigenvalue weighted by Gasteiger charge is -2.28. The summed E-state index contributed by atoms with van der Waals surface area (Å²) in [6.45, 7) is 6.47. The Morgan fingerprint density at radius 3 is 2.28 bits per heavy atom. The minimum Gasteiger partial charge on any atom is -0.494 e. The molecule has 7 heteroatoms. The number of benzene rings is 2. The average Bonchev–Trinajstić information content (AvgIpc) is 3.08. The highest BCUT2D eigenvalue weighted by Gasteiger charge is 2.41. The lowest BCUT2D eigenvalue weighted by Crippen LogP contribution is -2.44. The number of carbonyl (C=O) groups is 2. The molecule has 2 aliphatic heterocycles. The molecule has 32 heavy (non-hydrogen) atoms. The van der Waals surface area contributed by atoms with Crippen molar-refractivity contribution >= 4 is 23.1 Å². The molecule has 0 radical (unpaired) electrons. The van der Waals surface area contributed by atoms with Gasteiger partial charge in [0.25, 0.3) is 11.8 Å². The van der Waals surface area contributed by atoms with Crippen LogP contribution in [0.25, 0.3) is 5.57 Å². The molecule has 2 aromatic carbocycles. The molecule has 2 aliphatic rings. The molecule has 0 unspecified atom stereocenters.